The van der Waals surface area contributed by atoms with Crippen molar-refractivity contribution in [3.63, 3.8) is 0 Å². The van der Waals surface area contributed by atoms with E-state index in [4.69, 9.17) is 5.73 Å². The van der Waals surface area contributed by atoms with E-state index in [1.165, 1.54) is 44.1 Å². The summed E-state index contributed by atoms with van der Waals surface area (Å²) in [6, 6.07) is 10.4. The molecule has 4 atom stereocenters. The highest BCUT2D eigenvalue weighted by atomic mass is 16.2. The van der Waals surface area contributed by atoms with E-state index in [1.807, 2.05) is 18.2 Å². The zero-order chi connectivity index (χ0) is 25.0. The van der Waals surface area contributed by atoms with Gasteiger partial charge in [0, 0.05) is 38.5 Å². The van der Waals surface area contributed by atoms with Crippen LogP contribution < -0.4 is 16.4 Å². The first kappa shape index (κ1) is 27.2. The summed E-state index contributed by atoms with van der Waals surface area (Å²) in [5, 5.41) is 5.84. The summed E-state index contributed by atoms with van der Waals surface area (Å²) in [5.74, 6) is -0.599. The van der Waals surface area contributed by atoms with Gasteiger partial charge in [-0.05, 0) is 31.4 Å². The summed E-state index contributed by atoms with van der Waals surface area (Å²) in [7, 11) is 1.69. The van der Waals surface area contributed by atoms with Crippen molar-refractivity contribution in [3.8, 4) is 0 Å². The molecule has 7 nitrogen and oxygen atoms in total. The Kier molecular flexibility index (Phi) is 11.0. The van der Waals surface area contributed by atoms with Crippen LogP contribution in [0.2, 0.25) is 0 Å². The van der Waals surface area contributed by atoms with Crippen LogP contribution in [0.15, 0.2) is 30.3 Å². The van der Waals surface area contributed by atoms with Crippen molar-refractivity contribution >= 4 is 17.7 Å². The quantitative estimate of drug-likeness (QED) is 0.313. The number of hydrogen-bond acceptors (Lipinski definition) is 4. The Labute approximate surface area is 210 Å². The summed E-state index contributed by atoms with van der Waals surface area (Å²) < 4.78 is 0. The Morgan fingerprint density at radius 1 is 0.886 bits per heavy atom. The lowest BCUT2D eigenvalue weighted by molar-refractivity contribution is -0.131. The molecule has 2 unspecified atom stereocenters. The molecule has 7 heteroatoms. The molecule has 1 heterocycles. The van der Waals surface area contributed by atoms with Gasteiger partial charge in [0.1, 0.15) is 0 Å². The Morgan fingerprint density at radius 3 is 2.11 bits per heavy atom. The van der Waals surface area contributed by atoms with Crippen LogP contribution in [-0.4, -0.2) is 55.3 Å². The van der Waals surface area contributed by atoms with E-state index in [9.17, 15) is 14.4 Å². The summed E-state index contributed by atoms with van der Waals surface area (Å²) in [6.07, 6.45) is 12.1. The molecule has 3 rings (SSSR count). The largest absolute Gasteiger partial charge is 0.369 e. The minimum absolute atomic E-state index is 0.0185. The molecule has 1 saturated carbocycles. The van der Waals surface area contributed by atoms with Crippen LogP contribution in [0.1, 0.15) is 82.1 Å². The molecule has 0 radical (unpaired) electrons. The van der Waals surface area contributed by atoms with Gasteiger partial charge in [-0.3, -0.25) is 14.4 Å². The smallest absolute Gasteiger partial charge is 0.225 e. The van der Waals surface area contributed by atoms with E-state index in [2.05, 4.69) is 27.7 Å². The van der Waals surface area contributed by atoms with Gasteiger partial charge in [-0.1, -0.05) is 75.3 Å². The van der Waals surface area contributed by atoms with E-state index in [-0.39, 0.29) is 29.7 Å². The first-order chi connectivity index (χ1) is 17.0. The van der Waals surface area contributed by atoms with Crippen LogP contribution in [0.25, 0.3) is 0 Å². The van der Waals surface area contributed by atoms with E-state index >= 15 is 0 Å². The minimum Gasteiger partial charge on any atom is -0.369 e. The van der Waals surface area contributed by atoms with Gasteiger partial charge in [-0.2, -0.15) is 0 Å². The second-order valence-corrected chi connectivity index (χ2v) is 10.3. The lowest BCUT2D eigenvalue weighted by Gasteiger charge is -2.16. The summed E-state index contributed by atoms with van der Waals surface area (Å²) in [5.41, 5.74) is 6.92. The van der Waals surface area contributed by atoms with Gasteiger partial charge in [-0.15, -0.1) is 0 Å². The normalized spacial score (nSPS) is 23.7. The molecule has 1 aliphatic carbocycles. The SMILES string of the molecule is CNC(=O)CCCCCCCCCCCN1CC(C(N)=O)C(C(=O)N[C@H]2C[C@@H]2c2ccccc2)C1. The van der Waals surface area contributed by atoms with E-state index < -0.39 is 5.92 Å². The molecule has 0 spiro atoms. The first-order valence-corrected chi connectivity index (χ1v) is 13.6. The van der Waals surface area contributed by atoms with Crippen molar-refractivity contribution in [2.45, 2.75) is 82.6 Å². The molecular weight excluding hydrogens is 440 g/mol. The molecular formula is C28H44N4O3. The zero-order valence-corrected chi connectivity index (χ0v) is 21.3. The molecule has 35 heavy (non-hydrogen) atoms. The van der Waals surface area contributed by atoms with Crippen LogP contribution in [-0.2, 0) is 14.4 Å². The predicted octanol–water partition coefficient (Wildman–Crippen LogP) is 3.34. The molecule has 1 saturated heterocycles. The zero-order valence-electron chi connectivity index (χ0n) is 21.3. The number of primary amides is 1. The predicted molar refractivity (Wildman–Crippen MR) is 139 cm³/mol. The fourth-order valence-corrected chi connectivity index (χ4v) is 5.32. The van der Waals surface area contributed by atoms with Crippen LogP contribution in [0, 0.1) is 11.8 Å². The van der Waals surface area contributed by atoms with Gasteiger partial charge in [0.25, 0.3) is 0 Å². The number of hydrogen-bond donors (Lipinski definition) is 3. The monoisotopic (exact) mass is 484 g/mol. The number of amides is 3. The van der Waals surface area contributed by atoms with E-state index in [0.29, 0.717) is 25.4 Å². The maximum atomic E-state index is 13.0. The molecule has 2 fully saturated rings. The third-order valence-corrected chi connectivity index (χ3v) is 7.60. The van der Waals surface area contributed by atoms with Crippen molar-refractivity contribution in [1.82, 2.24) is 15.5 Å². The summed E-state index contributed by atoms with van der Waals surface area (Å²) in [6.45, 7) is 2.14. The molecule has 0 aromatic heterocycles. The Hall–Kier alpha value is -2.41. The Balaban J connectivity index is 1.26. The topological polar surface area (TPSA) is 105 Å². The van der Waals surface area contributed by atoms with Crippen LogP contribution in [0.3, 0.4) is 0 Å². The molecule has 3 amide bonds. The molecule has 2 aliphatic rings. The van der Waals surface area contributed by atoms with Crippen molar-refractivity contribution in [3.05, 3.63) is 35.9 Å². The number of nitrogens with zero attached hydrogens (tertiary/aromatic N) is 1. The third kappa shape index (κ3) is 8.95. The van der Waals surface area contributed by atoms with E-state index in [1.54, 1.807) is 7.05 Å². The van der Waals surface area contributed by atoms with Crippen LogP contribution in [0.5, 0.6) is 0 Å². The highest BCUT2D eigenvalue weighted by Crippen LogP contribution is 2.41. The number of likely N-dealkylation sites (tertiary alicyclic amines) is 1. The number of benzene rings is 1. The number of carbonyl (C=O) groups excluding carboxylic acids is 3. The van der Waals surface area contributed by atoms with Gasteiger partial charge in [-0.25, -0.2) is 0 Å². The van der Waals surface area contributed by atoms with Gasteiger partial charge in [0.05, 0.1) is 11.8 Å². The van der Waals surface area contributed by atoms with Gasteiger partial charge < -0.3 is 21.3 Å². The lowest BCUT2D eigenvalue weighted by Crippen LogP contribution is -2.40. The summed E-state index contributed by atoms with van der Waals surface area (Å²) in [4.78, 5) is 38.4. The first-order valence-electron chi connectivity index (χ1n) is 13.6. The summed E-state index contributed by atoms with van der Waals surface area (Å²) >= 11 is 0. The average Bonchev–Trinajstić information content (AvgIpc) is 3.49. The average molecular weight is 485 g/mol. The standard InChI is InChI=1S/C28H44N4O3/c1-30-26(33)16-12-7-5-3-2-4-6-8-13-17-32-19-23(27(29)34)24(20-32)28(35)31-25-18-22(25)21-14-10-9-11-15-21/h9-11,14-15,22-25H,2-8,12-13,16-20H2,1H3,(H2,29,34)(H,30,33)(H,31,35)/t22-,23?,24?,25+/m1/s1. The fraction of sp³-hybridized carbons (Fsp3) is 0.679. The minimum atomic E-state index is -0.396. The number of unbranched alkanes of at least 4 members (excludes halogenated alkanes) is 8. The number of carbonyl (C=O) groups is 3. The Bertz CT molecular complexity index is 816. The van der Waals surface area contributed by atoms with Gasteiger partial charge >= 0.3 is 0 Å². The van der Waals surface area contributed by atoms with Crippen molar-refractivity contribution in [1.29, 1.82) is 0 Å². The highest BCUT2D eigenvalue weighted by molar-refractivity contribution is 5.88. The second kappa shape index (κ2) is 14.2. The second-order valence-electron chi connectivity index (χ2n) is 10.3. The highest BCUT2D eigenvalue weighted by Gasteiger charge is 2.45. The maximum absolute atomic E-state index is 13.0. The van der Waals surface area contributed by atoms with E-state index in [0.717, 1.165) is 32.2 Å². The van der Waals surface area contributed by atoms with Crippen LogP contribution in [0.4, 0.5) is 0 Å². The third-order valence-electron chi connectivity index (χ3n) is 7.60. The van der Waals surface area contributed by atoms with Crippen molar-refractivity contribution in [2.24, 2.45) is 17.6 Å². The molecule has 1 aromatic carbocycles. The number of nitrogens with one attached hydrogen (secondary N) is 2. The van der Waals surface area contributed by atoms with Crippen molar-refractivity contribution in [2.75, 3.05) is 26.7 Å². The number of nitrogens with two attached hydrogens (primary N) is 1. The lowest BCUT2D eigenvalue weighted by atomic mass is 9.94. The van der Waals surface area contributed by atoms with Crippen LogP contribution >= 0.6 is 0 Å². The van der Waals surface area contributed by atoms with Crippen molar-refractivity contribution < 1.29 is 14.4 Å². The number of rotatable bonds is 16. The maximum Gasteiger partial charge on any atom is 0.225 e. The Morgan fingerprint density at radius 2 is 1.49 bits per heavy atom. The van der Waals surface area contributed by atoms with Gasteiger partial charge in [0.2, 0.25) is 17.7 Å². The molecule has 0 bridgehead atoms. The van der Waals surface area contributed by atoms with Gasteiger partial charge in [0.15, 0.2) is 0 Å². The molecule has 194 valence electrons. The molecule has 4 N–H and O–H groups in total. The molecule has 1 aromatic rings. The fourth-order valence-electron chi connectivity index (χ4n) is 5.32. The molecule has 1 aliphatic heterocycles.